The first-order valence-electron chi connectivity index (χ1n) is 8.62. The fourth-order valence-corrected chi connectivity index (χ4v) is 6.80. The van der Waals surface area contributed by atoms with Crippen LogP contribution in [0.3, 0.4) is 0 Å². The SMILES string of the molecule is CC1(C)CCSCC1(CN)N1CCC2CCCCC2C1. The number of nitrogens with zero attached hydrogens (tertiary/aromatic N) is 1. The van der Waals surface area contributed by atoms with Gasteiger partial charge in [-0.2, -0.15) is 11.8 Å². The molecule has 1 aliphatic carbocycles. The molecule has 2 saturated heterocycles. The molecule has 2 heterocycles. The topological polar surface area (TPSA) is 29.3 Å². The second-order valence-corrected chi connectivity index (χ2v) is 9.07. The normalized spacial score (nSPS) is 42.1. The Morgan fingerprint density at radius 3 is 2.60 bits per heavy atom. The smallest absolute Gasteiger partial charge is 0.0473 e. The lowest BCUT2D eigenvalue weighted by atomic mass is 9.67. The summed E-state index contributed by atoms with van der Waals surface area (Å²) in [5, 5.41) is 0. The van der Waals surface area contributed by atoms with Crippen LogP contribution in [-0.2, 0) is 0 Å². The Kier molecular flexibility index (Phi) is 4.41. The fourth-order valence-electron chi connectivity index (χ4n) is 4.97. The molecule has 3 aliphatic rings. The van der Waals surface area contributed by atoms with Crippen molar-refractivity contribution >= 4 is 11.8 Å². The molecule has 3 fully saturated rings. The molecule has 116 valence electrons. The molecule has 0 aromatic heterocycles. The third kappa shape index (κ3) is 2.44. The number of fused-ring (bicyclic) bond motifs is 1. The zero-order valence-corrected chi connectivity index (χ0v) is 14.2. The fraction of sp³-hybridized carbons (Fsp3) is 1.00. The van der Waals surface area contributed by atoms with Crippen molar-refractivity contribution in [3.63, 3.8) is 0 Å². The first kappa shape index (κ1) is 15.2. The van der Waals surface area contributed by atoms with Gasteiger partial charge in [0, 0.05) is 24.4 Å². The minimum absolute atomic E-state index is 0.248. The van der Waals surface area contributed by atoms with E-state index in [9.17, 15) is 0 Å². The van der Waals surface area contributed by atoms with Gasteiger partial charge < -0.3 is 5.73 Å². The molecule has 2 aliphatic heterocycles. The Morgan fingerprint density at radius 1 is 1.15 bits per heavy atom. The third-order valence-electron chi connectivity index (χ3n) is 6.71. The van der Waals surface area contributed by atoms with Gasteiger partial charge in [-0.05, 0) is 48.8 Å². The Bertz CT molecular complexity index is 344. The first-order valence-corrected chi connectivity index (χ1v) is 9.77. The second kappa shape index (κ2) is 5.81. The Hall–Kier alpha value is 0.270. The lowest BCUT2D eigenvalue weighted by Gasteiger charge is -2.58. The summed E-state index contributed by atoms with van der Waals surface area (Å²) in [5.41, 5.74) is 6.98. The average Bonchev–Trinajstić information content (AvgIpc) is 2.47. The van der Waals surface area contributed by atoms with Crippen LogP contribution in [0.2, 0.25) is 0 Å². The van der Waals surface area contributed by atoms with E-state index < -0.39 is 0 Å². The summed E-state index contributed by atoms with van der Waals surface area (Å²) in [6, 6.07) is 0. The molecule has 3 atom stereocenters. The first-order chi connectivity index (χ1) is 9.59. The molecule has 0 radical (unpaired) electrons. The summed E-state index contributed by atoms with van der Waals surface area (Å²) < 4.78 is 0. The quantitative estimate of drug-likeness (QED) is 0.847. The number of likely N-dealkylation sites (tertiary alicyclic amines) is 1. The Balaban J connectivity index is 1.79. The van der Waals surface area contributed by atoms with E-state index in [1.54, 1.807) is 0 Å². The van der Waals surface area contributed by atoms with Crippen LogP contribution >= 0.6 is 11.8 Å². The number of thioether (sulfide) groups is 1. The van der Waals surface area contributed by atoms with Crippen LogP contribution in [0.25, 0.3) is 0 Å². The molecule has 3 unspecified atom stereocenters. The molecule has 0 aromatic carbocycles. The van der Waals surface area contributed by atoms with E-state index in [0.717, 1.165) is 18.4 Å². The van der Waals surface area contributed by atoms with Crippen molar-refractivity contribution in [3.8, 4) is 0 Å². The summed E-state index contributed by atoms with van der Waals surface area (Å²) in [7, 11) is 0. The van der Waals surface area contributed by atoms with Crippen LogP contribution in [-0.4, -0.2) is 41.6 Å². The lowest BCUT2D eigenvalue weighted by molar-refractivity contribution is -0.0459. The van der Waals surface area contributed by atoms with Crippen LogP contribution in [0.15, 0.2) is 0 Å². The molecule has 2 N–H and O–H groups in total. The molecule has 0 spiro atoms. The van der Waals surface area contributed by atoms with E-state index in [0.29, 0.717) is 5.41 Å². The summed E-state index contributed by atoms with van der Waals surface area (Å²) in [4.78, 5) is 2.83. The van der Waals surface area contributed by atoms with E-state index in [2.05, 4.69) is 30.5 Å². The Labute approximate surface area is 129 Å². The van der Waals surface area contributed by atoms with Gasteiger partial charge in [-0.3, -0.25) is 4.90 Å². The van der Waals surface area contributed by atoms with E-state index in [1.165, 1.54) is 63.1 Å². The number of rotatable bonds is 2. The molecular formula is C17H32N2S. The van der Waals surface area contributed by atoms with Crippen LogP contribution in [0.1, 0.15) is 52.4 Å². The molecule has 1 saturated carbocycles. The van der Waals surface area contributed by atoms with Gasteiger partial charge in [0.15, 0.2) is 0 Å². The van der Waals surface area contributed by atoms with Crippen molar-refractivity contribution in [3.05, 3.63) is 0 Å². The maximum absolute atomic E-state index is 6.36. The van der Waals surface area contributed by atoms with Crippen molar-refractivity contribution in [1.82, 2.24) is 4.90 Å². The lowest BCUT2D eigenvalue weighted by Crippen LogP contribution is -2.68. The van der Waals surface area contributed by atoms with Gasteiger partial charge in [0.25, 0.3) is 0 Å². The van der Waals surface area contributed by atoms with Gasteiger partial charge in [0.1, 0.15) is 0 Å². The maximum atomic E-state index is 6.36. The molecule has 3 rings (SSSR count). The van der Waals surface area contributed by atoms with E-state index in [1.807, 2.05) is 0 Å². The van der Waals surface area contributed by atoms with Crippen molar-refractivity contribution < 1.29 is 0 Å². The van der Waals surface area contributed by atoms with E-state index in [4.69, 9.17) is 5.73 Å². The van der Waals surface area contributed by atoms with E-state index in [-0.39, 0.29) is 5.54 Å². The molecular weight excluding hydrogens is 264 g/mol. The van der Waals surface area contributed by atoms with Gasteiger partial charge in [0.2, 0.25) is 0 Å². The zero-order valence-electron chi connectivity index (χ0n) is 13.4. The highest BCUT2D eigenvalue weighted by atomic mass is 32.2. The van der Waals surface area contributed by atoms with Crippen LogP contribution in [0.4, 0.5) is 0 Å². The van der Waals surface area contributed by atoms with Crippen LogP contribution in [0.5, 0.6) is 0 Å². The van der Waals surface area contributed by atoms with E-state index >= 15 is 0 Å². The summed E-state index contributed by atoms with van der Waals surface area (Å²) in [6.07, 6.45) is 8.64. The van der Waals surface area contributed by atoms with Crippen LogP contribution < -0.4 is 5.73 Å². The number of hydrogen-bond acceptors (Lipinski definition) is 3. The minimum atomic E-state index is 0.248. The highest BCUT2D eigenvalue weighted by Crippen LogP contribution is 2.48. The van der Waals surface area contributed by atoms with Gasteiger partial charge in [0.05, 0.1) is 0 Å². The summed E-state index contributed by atoms with van der Waals surface area (Å²) >= 11 is 2.13. The predicted octanol–water partition coefficient (Wildman–Crippen LogP) is 3.36. The average molecular weight is 297 g/mol. The molecule has 20 heavy (non-hydrogen) atoms. The van der Waals surface area contributed by atoms with Gasteiger partial charge in [-0.1, -0.05) is 33.1 Å². The number of hydrogen-bond donors (Lipinski definition) is 1. The van der Waals surface area contributed by atoms with Crippen LogP contribution in [0, 0.1) is 17.3 Å². The Morgan fingerprint density at radius 2 is 1.90 bits per heavy atom. The molecule has 0 bridgehead atoms. The van der Waals surface area contributed by atoms with Gasteiger partial charge in [-0.25, -0.2) is 0 Å². The molecule has 0 amide bonds. The standard InChI is InChI=1S/C17H32N2S/c1-16(2)8-10-20-13-17(16,12-18)19-9-7-14-5-3-4-6-15(14)11-19/h14-15H,3-13,18H2,1-2H3. The third-order valence-corrected chi connectivity index (χ3v) is 7.88. The summed E-state index contributed by atoms with van der Waals surface area (Å²) in [5.74, 6) is 4.54. The van der Waals surface area contributed by atoms with Crippen molar-refractivity contribution in [2.75, 3.05) is 31.1 Å². The maximum Gasteiger partial charge on any atom is 0.0473 e. The predicted molar refractivity (Wildman–Crippen MR) is 89.1 cm³/mol. The largest absolute Gasteiger partial charge is 0.329 e. The number of piperidine rings is 1. The molecule has 2 nitrogen and oxygen atoms in total. The van der Waals surface area contributed by atoms with Crippen molar-refractivity contribution in [2.45, 2.75) is 57.9 Å². The number of nitrogens with two attached hydrogens (primary N) is 1. The van der Waals surface area contributed by atoms with Crippen molar-refractivity contribution in [2.24, 2.45) is 23.0 Å². The monoisotopic (exact) mass is 296 g/mol. The minimum Gasteiger partial charge on any atom is -0.329 e. The summed E-state index contributed by atoms with van der Waals surface area (Å²) in [6.45, 7) is 8.39. The molecule has 3 heteroatoms. The zero-order chi connectivity index (χ0) is 14.2. The second-order valence-electron chi connectivity index (χ2n) is 7.96. The molecule has 0 aromatic rings. The van der Waals surface area contributed by atoms with Gasteiger partial charge in [-0.15, -0.1) is 0 Å². The highest BCUT2D eigenvalue weighted by Gasteiger charge is 2.51. The van der Waals surface area contributed by atoms with Crippen molar-refractivity contribution in [1.29, 1.82) is 0 Å². The highest BCUT2D eigenvalue weighted by molar-refractivity contribution is 7.99. The van der Waals surface area contributed by atoms with Gasteiger partial charge >= 0.3 is 0 Å².